The van der Waals surface area contributed by atoms with Gasteiger partial charge in [-0.3, -0.25) is 0 Å². The maximum atomic E-state index is 9.42. The second-order valence-corrected chi connectivity index (χ2v) is 7.10. The van der Waals surface area contributed by atoms with E-state index in [0.29, 0.717) is 5.75 Å². The van der Waals surface area contributed by atoms with Gasteiger partial charge in [0.25, 0.3) is 0 Å². The van der Waals surface area contributed by atoms with Crippen LogP contribution >= 0.6 is 0 Å². The van der Waals surface area contributed by atoms with E-state index in [1.165, 1.54) is 43.4 Å². The third-order valence-corrected chi connectivity index (χ3v) is 5.20. The number of phenols is 1. The predicted octanol–water partition coefficient (Wildman–Crippen LogP) is 4.67. The van der Waals surface area contributed by atoms with Crippen LogP contribution < -0.4 is 0 Å². The molecule has 0 saturated heterocycles. The summed E-state index contributed by atoms with van der Waals surface area (Å²) in [5, 5.41) is 9.42. The molecule has 2 aromatic rings. The van der Waals surface area contributed by atoms with E-state index in [2.05, 4.69) is 35.2 Å². The van der Waals surface area contributed by atoms with Crippen LogP contribution in [-0.4, -0.2) is 29.6 Å². The highest BCUT2D eigenvalue weighted by atomic mass is 16.3. The smallest absolute Gasteiger partial charge is 0.115 e. The van der Waals surface area contributed by atoms with Crippen molar-refractivity contribution in [2.45, 2.75) is 38.5 Å². The Balaban J connectivity index is 1.54. The second-order valence-electron chi connectivity index (χ2n) is 7.10. The first kappa shape index (κ1) is 17.0. The van der Waals surface area contributed by atoms with Crippen molar-refractivity contribution in [1.82, 2.24) is 4.90 Å². The third kappa shape index (κ3) is 5.38. The Hall–Kier alpha value is -1.80. The number of rotatable bonds is 8. The van der Waals surface area contributed by atoms with Gasteiger partial charge in [-0.15, -0.1) is 0 Å². The standard InChI is InChI=1S/C22H29NO/c24-22-12-10-20(11-13-22)15-17-23(18-21-8-4-5-9-21)16-14-19-6-2-1-3-7-19/h1-3,6-7,10-13,21,24H,4-5,8-9,14-18H2. The summed E-state index contributed by atoms with van der Waals surface area (Å²) in [5.41, 5.74) is 2.74. The highest BCUT2D eigenvalue weighted by Gasteiger charge is 2.18. The molecule has 0 aromatic heterocycles. The van der Waals surface area contributed by atoms with E-state index in [1.54, 1.807) is 12.1 Å². The maximum absolute atomic E-state index is 9.42. The molecule has 0 spiro atoms. The molecule has 1 saturated carbocycles. The summed E-state index contributed by atoms with van der Waals surface area (Å²) < 4.78 is 0. The molecule has 128 valence electrons. The summed E-state index contributed by atoms with van der Waals surface area (Å²) in [5.74, 6) is 1.24. The monoisotopic (exact) mass is 323 g/mol. The molecule has 1 aliphatic carbocycles. The lowest BCUT2D eigenvalue weighted by Gasteiger charge is -2.25. The number of benzene rings is 2. The molecular weight excluding hydrogens is 294 g/mol. The summed E-state index contributed by atoms with van der Waals surface area (Å²) in [7, 11) is 0. The zero-order valence-corrected chi connectivity index (χ0v) is 14.5. The molecule has 0 amide bonds. The van der Waals surface area contributed by atoms with Crippen molar-refractivity contribution < 1.29 is 5.11 Å². The fourth-order valence-electron chi connectivity index (χ4n) is 3.73. The van der Waals surface area contributed by atoms with Gasteiger partial charge in [-0.25, -0.2) is 0 Å². The van der Waals surface area contributed by atoms with Gasteiger partial charge < -0.3 is 10.0 Å². The number of nitrogens with zero attached hydrogens (tertiary/aromatic N) is 1. The second kappa shape index (κ2) is 8.89. The highest BCUT2D eigenvalue weighted by molar-refractivity contribution is 5.26. The highest BCUT2D eigenvalue weighted by Crippen LogP contribution is 2.25. The molecule has 1 fully saturated rings. The van der Waals surface area contributed by atoms with Crippen molar-refractivity contribution in [3.63, 3.8) is 0 Å². The molecule has 24 heavy (non-hydrogen) atoms. The summed E-state index contributed by atoms with van der Waals surface area (Å²) in [4.78, 5) is 2.65. The van der Waals surface area contributed by atoms with Crippen LogP contribution in [0.15, 0.2) is 54.6 Å². The van der Waals surface area contributed by atoms with Crippen molar-refractivity contribution in [2.75, 3.05) is 19.6 Å². The molecule has 0 radical (unpaired) electrons. The van der Waals surface area contributed by atoms with Gasteiger partial charge in [-0.05, 0) is 54.9 Å². The Kier molecular flexibility index (Phi) is 6.31. The van der Waals surface area contributed by atoms with Crippen molar-refractivity contribution in [3.05, 3.63) is 65.7 Å². The molecule has 0 bridgehead atoms. The Bertz CT molecular complexity index is 587. The minimum absolute atomic E-state index is 0.352. The summed E-state index contributed by atoms with van der Waals surface area (Å²) in [6.45, 7) is 3.48. The average molecular weight is 323 g/mol. The summed E-state index contributed by atoms with van der Waals surface area (Å²) in [6.07, 6.45) is 7.82. The topological polar surface area (TPSA) is 23.5 Å². The van der Waals surface area contributed by atoms with E-state index in [9.17, 15) is 5.11 Å². The van der Waals surface area contributed by atoms with Crippen LogP contribution in [0.4, 0.5) is 0 Å². The van der Waals surface area contributed by atoms with Gasteiger partial charge in [0.15, 0.2) is 0 Å². The van der Waals surface area contributed by atoms with Gasteiger partial charge in [0.05, 0.1) is 0 Å². The Morgan fingerprint density at radius 2 is 1.38 bits per heavy atom. The van der Waals surface area contributed by atoms with Gasteiger partial charge in [-0.1, -0.05) is 55.3 Å². The van der Waals surface area contributed by atoms with E-state index in [0.717, 1.165) is 31.8 Å². The molecule has 0 unspecified atom stereocenters. The van der Waals surface area contributed by atoms with Crippen LogP contribution in [0.5, 0.6) is 5.75 Å². The molecule has 2 heteroatoms. The molecule has 0 heterocycles. The van der Waals surface area contributed by atoms with E-state index < -0.39 is 0 Å². The fourth-order valence-corrected chi connectivity index (χ4v) is 3.73. The van der Waals surface area contributed by atoms with Crippen molar-refractivity contribution >= 4 is 0 Å². The first-order chi connectivity index (χ1) is 11.8. The zero-order chi connectivity index (χ0) is 16.6. The van der Waals surface area contributed by atoms with Crippen molar-refractivity contribution in [3.8, 4) is 5.75 Å². The summed E-state index contributed by atoms with van der Waals surface area (Å²) in [6, 6.07) is 18.5. The molecule has 3 rings (SSSR count). The van der Waals surface area contributed by atoms with E-state index in [4.69, 9.17) is 0 Å². The number of hydrogen-bond donors (Lipinski definition) is 1. The van der Waals surface area contributed by atoms with Crippen LogP contribution in [0.25, 0.3) is 0 Å². The van der Waals surface area contributed by atoms with Crippen LogP contribution in [-0.2, 0) is 12.8 Å². The van der Waals surface area contributed by atoms with Crippen LogP contribution in [0, 0.1) is 5.92 Å². The van der Waals surface area contributed by atoms with Gasteiger partial charge in [0.2, 0.25) is 0 Å². The normalized spacial score (nSPS) is 15.2. The van der Waals surface area contributed by atoms with Crippen LogP contribution in [0.3, 0.4) is 0 Å². The van der Waals surface area contributed by atoms with E-state index in [1.807, 2.05) is 12.1 Å². The first-order valence-electron chi connectivity index (χ1n) is 9.34. The Morgan fingerprint density at radius 3 is 2.00 bits per heavy atom. The lowest BCUT2D eigenvalue weighted by Crippen LogP contribution is -2.32. The Labute approximate surface area is 146 Å². The quantitative estimate of drug-likeness (QED) is 0.763. The van der Waals surface area contributed by atoms with Gasteiger partial charge in [0, 0.05) is 19.6 Å². The molecule has 0 atom stereocenters. The largest absolute Gasteiger partial charge is 0.508 e. The third-order valence-electron chi connectivity index (χ3n) is 5.20. The molecule has 2 nitrogen and oxygen atoms in total. The molecule has 0 aliphatic heterocycles. The number of aromatic hydroxyl groups is 1. The van der Waals surface area contributed by atoms with Crippen molar-refractivity contribution in [1.29, 1.82) is 0 Å². The van der Waals surface area contributed by atoms with E-state index >= 15 is 0 Å². The van der Waals surface area contributed by atoms with Gasteiger partial charge in [-0.2, -0.15) is 0 Å². The van der Waals surface area contributed by atoms with Gasteiger partial charge >= 0.3 is 0 Å². The van der Waals surface area contributed by atoms with E-state index in [-0.39, 0.29) is 0 Å². The number of phenolic OH excluding ortho intramolecular Hbond substituents is 1. The summed E-state index contributed by atoms with van der Waals surface area (Å²) >= 11 is 0. The zero-order valence-electron chi connectivity index (χ0n) is 14.5. The first-order valence-corrected chi connectivity index (χ1v) is 9.34. The fraction of sp³-hybridized carbons (Fsp3) is 0.455. The molecule has 1 aliphatic rings. The molecular formula is C22H29NO. The average Bonchev–Trinajstić information content (AvgIpc) is 3.13. The molecule has 2 aromatic carbocycles. The number of hydrogen-bond acceptors (Lipinski definition) is 2. The lowest BCUT2D eigenvalue weighted by molar-refractivity contribution is 0.236. The lowest BCUT2D eigenvalue weighted by atomic mass is 10.1. The Morgan fingerprint density at radius 1 is 0.792 bits per heavy atom. The molecule has 1 N–H and O–H groups in total. The minimum atomic E-state index is 0.352. The maximum Gasteiger partial charge on any atom is 0.115 e. The minimum Gasteiger partial charge on any atom is -0.508 e. The predicted molar refractivity (Wildman–Crippen MR) is 100 cm³/mol. The van der Waals surface area contributed by atoms with Crippen molar-refractivity contribution in [2.24, 2.45) is 5.92 Å². The van der Waals surface area contributed by atoms with Gasteiger partial charge in [0.1, 0.15) is 5.75 Å². The van der Waals surface area contributed by atoms with Crippen LogP contribution in [0.2, 0.25) is 0 Å². The van der Waals surface area contributed by atoms with Crippen LogP contribution in [0.1, 0.15) is 36.8 Å². The SMILES string of the molecule is Oc1ccc(CCN(CCc2ccccc2)CC2CCCC2)cc1.